The lowest BCUT2D eigenvalue weighted by atomic mass is 9.86. The molecule has 0 aliphatic heterocycles. The Kier molecular flexibility index (Phi) is 6.65. The standard InChI is InChI=1S/C17H25N3O2S/c1-3-22-16-10-13(8-9-15(16)21)11-18-20-17(23)19-14-7-5-4-6-12(14)2/h8-12,14,21H,3-7H2,1-2H3,(H2,19,20,23)/b18-11+/t12-,14-/m1/s1. The number of nitrogens with one attached hydrogen (secondary N) is 2. The molecule has 1 aliphatic carbocycles. The normalized spacial score (nSPS) is 21.1. The van der Waals surface area contributed by atoms with Gasteiger partial charge in [-0.25, -0.2) is 0 Å². The van der Waals surface area contributed by atoms with Crippen LogP contribution in [0, 0.1) is 5.92 Å². The molecule has 1 aromatic carbocycles. The van der Waals surface area contributed by atoms with E-state index in [0.717, 1.165) is 12.0 Å². The van der Waals surface area contributed by atoms with E-state index in [0.29, 0.717) is 29.4 Å². The van der Waals surface area contributed by atoms with Crippen LogP contribution in [0.4, 0.5) is 0 Å². The molecular formula is C17H25N3O2S. The lowest BCUT2D eigenvalue weighted by Crippen LogP contribution is -2.44. The fraction of sp³-hybridized carbons (Fsp3) is 0.529. The maximum atomic E-state index is 9.67. The predicted molar refractivity (Wildman–Crippen MR) is 97.2 cm³/mol. The van der Waals surface area contributed by atoms with E-state index in [-0.39, 0.29) is 5.75 Å². The molecule has 126 valence electrons. The molecule has 0 amide bonds. The third-order valence-corrected chi connectivity index (χ3v) is 4.30. The highest BCUT2D eigenvalue weighted by molar-refractivity contribution is 7.80. The Labute approximate surface area is 143 Å². The van der Waals surface area contributed by atoms with Gasteiger partial charge in [0, 0.05) is 6.04 Å². The summed E-state index contributed by atoms with van der Waals surface area (Å²) in [6, 6.07) is 5.52. The number of hydrogen-bond donors (Lipinski definition) is 3. The van der Waals surface area contributed by atoms with Crippen molar-refractivity contribution < 1.29 is 9.84 Å². The van der Waals surface area contributed by atoms with Gasteiger partial charge in [0.2, 0.25) is 0 Å². The van der Waals surface area contributed by atoms with E-state index in [1.165, 1.54) is 19.3 Å². The Morgan fingerprint density at radius 2 is 2.22 bits per heavy atom. The van der Waals surface area contributed by atoms with Crippen LogP contribution in [0.5, 0.6) is 11.5 Å². The fourth-order valence-corrected chi connectivity index (χ4v) is 2.98. The number of ether oxygens (including phenoxy) is 1. The van der Waals surface area contributed by atoms with E-state index in [1.807, 2.05) is 6.92 Å². The van der Waals surface area contributed by atoms with Crippen LogP contribution >= 0.6 is 12.2 Å². The van der Waals surface area contributed by atoms with Crippen LogP contribution in [0.25, 0.3) is 0 Å². The molecule has 0 aromatic heterocycles. The highest BCUT2D eigenvalue weighted by Gasteiger charge is 2.21. The SMILES string of the molecule is CCOc1cc(/C=N/NC(=S)N[C@@H]2CCCC[C@H]2C)ccc1O. The summed E-state index contributed by atoms with van der Waals surface area (Å²) in [6.45, 7) is 4.63. The van der Waals surface area contributed by atoms with E-state index >= 15 is 0 Å². The topological polar surface area (TPSA) is 65.9 Å². The average Bonchev–Trinajstić information content (AvgIpc) is 2.53. The summed E-state index contributed by atoms with van der Waals surface area (Å²) in [5.41, 5.74) is 3.68. The van der Waals surface area contributed by atoms with Gasteiger partial charge in [-0.15, -0.1) is 0 Å². The Hall–Kier alpha value is -1.82. The molecule has 0 unspecified atom stereocenters. The Morgan fingerprint density at radius 3 is 2.96 bits per heavy atom. The van der Waals surface area contributed by atoms with Gasteiger partial charge in [-0.05, 0) is 61.7 Å². The van der Waals surface area contributed by atoms with Crippen LogP contribution in [0.1, 0.15) is 45.1 Å². The smallest absolute Gasteiger partial charge is 0.187 e. The van der Waals surface area contributed by atoms with Crippen LogP contribution in [-0.2, 0) is 0 Å². The van der Waals surface area contributed by atoms with Crippen molar-refractivity contribution in [1.29, 1.82) is 0 Å². The van der Waals surface area contributed by atoms with Crippen molar-refractivity contribution in [2.75, 3.05) is 6.61 Å². The number of nitrogens with zero attached hydrogens (tertiary/aromatic N) is 1. The highest BCUT2D eigenvalue weighted by atomic mass is 32.1. The minimum atomic E-state index is 0.125. The number of rotatable bonds is 5. The van der Waals surface area contributed by atoms with Crippen LogP contribution in [0.2, 0.25) is 0 Å². The monoisotopic (exact) mass is 335 g/mol. The summed E-state index contributed by atoms with van der Waals surface area (Å²) >= 11 is 5.29. The molecule has 3 N–H and O–H groups in total. The molecule has 0 spiro atoms. The molecule has 1 aliphatic rings. The second-order valence-corrected chi connectivity index (χ2v) is 6.28. The van der Waals surface area contributed by atoms with Crippen LogP contribution in [0.15, 0.2) is 23.3 Å². The molecular weight excluding hydrogens is 310 g/mol. The van der Waals surface area contributed by atoms with Gasteiger partial charge in [0.15, 0.2) is 16.6 Å². The zero-order valence-corrected chi connectivity index (χ0v) is 14.5. The van der Waals surface area contributed by atoms with E-state index in [2.05, 4.69) is 22.8 Å². The Balaban J connectivity index is 1.86. The van der Waals surface area contributed by atoms with Crippen LogP contribution < -0.4 is 15.5 Å². The van der Waals surface area contributed by atoms with E-state index < -0.39 is 0 Å². The summed E-state index contributed by atoms with van der Waals surface area (Å²) in [6.07, 6.45) is 6.61. The average molecular weight is 335 g/mol. The maximum absolute atomic E-state index is 9.67. The van der Waals surface area contributed by atoms with Crippen molar-refractivity contribution in [1.82, 2.24) is 10.7 Å². The molecule has 0 bridgehead atoms. The molecule has 23 heavy (non-hydrogen) atoms. The molecule has 0 heterocycles. The second kappa shape index (κ2) is 8.72. The molecule has 2 atom stereocenters. The number of phenols is 1. The van der Waals surface area contributed by atoms with E-state index in [1.54, 1.807) is 24.4 Å². The first-order valence-corrected chi connectivity index (χ1v) is 8.56. The van der Waals surface area contributed by atoms with Crippen molar-refractivity contribution >= 4 is 23.5 Å². The van der Waals surface area contributed by atoms with Gasteiger partial charge in [-0.1, -0.05) is 19.8 Å². The van der Waals surface area contributed by atoms with Gasteiger partial charge in [-0.2, -0.15) is 5.10 Å². The molecule has 0 radical (unpaired) electrons. The third-order valence-electron chi connectivity index (χ3n) is 4.09. The molecule has 5 nitrogen and oxygen atoms in total. The van der Waals surface area contributed by atoms with Gasteiger partial charge in [0.1, 0.15) is 0 Å². The second-order valence-electron chi connectivity index (χ2n) is 5.87. The largest absolute Gasteiger partial charge is 0.504 e. The van der Waals surface area contributed by atoms with Crippen molar-refractivity contribution in [3.8, 4) is 11.5 Å². The predicted octanol–water partition coefficient (Wildman–Crippen LogP) is 3.17. The lowest BCUT2D eigenvalue weighted by molar-refractivity contribution is 0.308. The van der Waals surface area contributed by atoms with Crippen molar-refractivity contribution in [3.05, 3.63) is 23.8 Å². The summed E-state index contributed by atoms with van der Waals surface area (Å²) in [5, 5.41) is 17.7. The van der Waals surface area contributed by atoms with Crippen molar-refractivity contribution in [2.45, 2.75) is 45.6 Å². The van der Waals surface area contributed by atoms with Gasteiger partial charge >= 0.3 is 0 Å². The first-order chi connectivity index (χ1) is 11.1. The zero-order chi connectivity index (χ0) is 16.7. The third kappa shape index (κ3) is 5.39. The van der Waals surface area contributed by atoms with Gasteiger partial charge in [0.25, 0.3) is 0 Å². The summed E-state index contributed by atoms with van der Waals surface area (Å²) in [5.74, 6) is 1.21. The molecule has 0 saturated heterocycles. The van der Waals surface area contributed by atoms with Gasteiger partial charge in [0.05, 0.1) is 12.8 Å². The molecule has 1 fully saturated rings. The number of hydrazone groups is 1. The van der Waals surface area contributed by atoms with Crippen molar-refractivity contribution in [3.63, 3.8) is 0 Å². The summed E-state index contributed by atoms with van der Waals surface area (Å²) in [7, 11) is 0. The van der Waals surface area contributed by atoms with E-state index in [4.69, 9.17) is 17.0 Å². The minimum absolute atomic E-state index is 0.125. The van der Waals surface area contributed by atoms with Crippen LogP contribution in [0.3, 0.4) is 0 Å². The van der Waals surface area contributed by atoms with E-state index in [9.17, 15) is 5.11 Å². The minimum Gasteiger partial charge on any atom is -0.504 e. The molecule has 1 saturated carbocycles. The fourth-order valence-electron chi connectivity index (χ4n) is 2.78. The number of aromatic hydroxyl groups is 1. The number of benzene rings is 1. The summed E-state index contributed by atoms with van der Waals surface area (Å²) < 4.78 is 5.35. The first-order valence-electron chi connectivity index (χ1n) is 8.15. The molecule has 1 aromatic rings. The maximum Gasteiger partial charge on any atom is 0.187 e. The molecule has 2 rings (SSSR count). The number of phenolic OH excluding ortho intramolecular Hbond substituents is 1. The van der Waals surface area contributed by atoms with Crippen molar-refractivity contribution in [2.24, 2.45) is 11.0 Å². The number of hydrogen-bond acceptors (Lipinski definition) is 4. The Morgan fingerprint density at radius 1 is 1.43 bits per heavy atom. The quantitative estimate of drug-likeness (QED) is 0.438. The highest BCUT2D eigenvalue weighted by Crippen LogP contribution is 2.26. The summed E-state index contributed by atoms with van der Waals surface area (Å²) in [4.78, 5) is 0. The van der Waals surface area contributed by atoms with Crippen LogP contribution in [-0.4, -0.2) is 29.1 Å². The first kappa shape index (κ1) is 17.5. The zero-order valence-electron chi connectivity index (χ0n) is 13.7. The Bertz CT molecular complexity index is 563. The lowest BCUT2D eigenvalue weighted by Gasteiger charge is -2.30. The van der Waals surface area contributed by atoms with Gasteiger partial charge < -0.3 is 15.2 Å². The molecule has 6 heteroatoms. The number of thiocarbonyl (C=S) groups is 1. The van der Waals surface area contributed by atoms with Gasteiger partial charge in [-0.3, -0.25) is 5.43 Å².